The molecule has 25 heavy (non-hydrogen) atoms. The van der Waals surface area contributed by atoms with Gasteiger partial charge in [0, 0.05) is 29.1 Å². The molecular formula is C20H24N2O2S. The van der Waals surface area contributed by atoms with Gasteiger partial charge in [-0.15, -0.1) is 11.8 Å². The summed E-state index contributed by atoms with van der Waals surface area (Å²) >= 11 is 1.91. The smallest absolute Gasteiger partial charge is 0.225 e. The van der Waals surface area contributed by atoms with E-state index >= 15 is 0 Å². The van der Waals surface area contributed by atoms with Crippen LogP contribution in [0.3, 0.4) is 0 Å². The van der Waals surface area contributed by atoms with E-state index in [0.717, 1.165) is 23.6 Å². The molecule has 0 fully saturated rings. The lowest BCUT2D eigenvalue weighted by molar-refractivity contribution is -0.116. The number of amides is 1. The summed E-state index contributed by atoms with van der Waals surface area (Å²) in [5.74, 6) is 1.91. The van der Waals surface area contributed by atoms with Crippen molar-refractivity contribution in [2.45, 2.75) is 36.7 Å². The molecule has 0 aliphatic carbocycles. The van der Waals surface area contributed by atoms with Crippen molar-refractivity contribution < 1.29 is 9.53 Å². The Morgan fingerprint density at radius 3 is 2.76 bits per heavy atom. The summed E-state index contributed by atoms with van der Waals surface area (Å²) in [6.07, 6.45) is 1.53. The van der Waals surface area contributed by atoms with Crippen molar-refractivity contribution in [3.63, 3.8) is 0 Å². The molecule has 132 valence electrons. The zero-order valence-electron chi connectivity index (χ0n) is 14.6. The van der Waals surface area contributed by atoms with E-state index in [-0.39, 0.29) is 11.9 Å². The Kier molecular flexibility index (Phi) is 6.00. The van der Waals surface area contributed by atoms with Gasteiger partial charge in [-0.1, -0.05) is 18.2 Å². The van der Waals surface area contributed by atoms with Crippen LogP contribution in [0.25, 0.3) is 0 Å². The number of ether oxygens (including phenoxy) is 1. The van der Waals surface area contributed by atoms with E-state index in [4.69, 9.17) is 4.74 Å². The van der Waals surface area contributed by atoms with E-state index in [1.165, 1.54) is 10.5 Å². The molecule has 5 heteroatoms. The second-order valence-electron chi connectivity index (χ2n) is 6.28. The first-order valence-electron chi connectivity index (χ1n) is 8.57. The average Bonchev–Trinajstić information content (AvgIpc) is 2.62. The highest BCUT2D eigenvalue weighted by Gasteiger charge is 2.22. The van der Waals surface area contributed by atoms with E-state index in [9.17, 15) is 4.79 Å². The monoisotopic (exact) mass is 356 g/mol. The number of hydrogen-bond donors (Lipinski definition) is 2. The largest absolute Gasteiger partial charge is 0.497 e. The lowest BCUT2D eigenvalue weighted by Gasteiger charge is -2.28. The third-order valence-electron chi connectivity index (χ3n) is 4.31. The number of rotatable bonds is 6. The van der Waals surface area contributed by atoms with Gasteiger partial charge in [-0.2, -0.15) is 0 Å². The van der Waals surface area contributed by atoms with E-state index < -0.39 is 0 Å². The fourth-order valence-electron chi connectivity index (χ4n) is 3.08. The van der Waals surface area contributed by atoms with Crippen molar-refractivity contribution in [2.24, 2.45) is 0 Å². The highest BCUT2D eigenvalue weighted by atomic mass is 32.2. The predicted octanol–water partition coefficient (Wildman–Crippen LogP) is 4.24. The van der Waals surface area contributed by atoms with Crippen molar-refractivity contribution in [1.82, 2.24) is 5.32 Å². The van der Waals surface area contributed by atoms with E-state index in [1.807, 2.05) is 36.0 Å². The van der Waals surface area contributed by atoms with Crippen molar-refractivity contribution in [1.29, 1.82) is 0 Å². The summed E-state index contributed by atoms with van der Waals surface area (Å²) in [6.45, 7) is 2.07. The third-order valence-corrected chi connectivity index (χ3v) is 5.43. The molecule has 0 radical (unpaired) electrons. The van der Waals surface area contributed by atoms with Crippen molar-refractivity contribution >= 4 is 23.4 Å². The molecule has 0 unspecified atom stereocenters. The zero-order chi connectivity index (χ0) is 17.6. The molecule has 1 aliphatic rings. The Bertz CT molecular complexity index is 718. The van der Waals surface area contributed by atoms with E-state index in [1.54, 1.807) is 7.11 Å². The molecule has 0 saturated heterocycles. The van der Waals surface area contributed by atoms with Crippen LogP contribution in [0.5, 0.6) is 5.75 Å². The highest BCUT2D eigenvalue weighted by Crippen LogP contribution is 2.36. The number of fused-ring (bicyclic) bond motifs is 1. The SMILES string of the molecule is COc1ccc(NC(=O)C[C@@H](C)N[C@H]2CCSc3ccccc32)cc1. The number of anilines is 1. The fourth-order valence-corrected chi connectivity index (χ4v) is 4.21. The van der Waals surface area contributed by atoms with Gasteiger partial charge < -0.3 is 15.4 Å². The number of methoxy groups -OCH3 is 1. The van der Waals surface area contributed by atoms with Crippen LogP contribution < -0.4 is 15.4 Å². The van der Waals surface area contributed by atoms with Gasteiger partial charge >= 0.3 is 0 Å². The topological polar surface area (TPSA) is 50.4 Å². The molecular weight excluding hydrogens is 332 g/mol. The molecule has 2 aromatic carbocycles. The summed E-state index contributed by atoms with van der Waals surface area (Å²) in [5, 5.41) is 6.56. The quantitative estimate of drug-likeness (QED) is 0.813. The number of carbonyl (C=O) groups excluding carboxylic acids is 1. The van der Waals surface area contributed by atoms with Gasteiger partial charge in [-0.05, 0) is 55.0 Å². The Hall–Kier alpha value is -1.98. The Labute approximate surface area is 153 Å². The Morgan fingerprint density at radius 2 is 2.00 bits per heavy atom. The number of hydrogen-bond acceptors (Lipinski definition) is 4. The molecule has 4 nitrogen and oxygen atoms in total. The summed E-state index contributed by atoms with van der Waals surface area (Å²) in [7, 11) is 1.63. The first-order chi connectivity index (χ1) is 12.2. The predicted molar refractivity (Wildman–Crippen MR) is 103 cm³/mol. The molecule has 1 heterocycles. The fraction of sp³-hybridized carbons (Fsp3) is 0.350. The number of benzene rings is 2. The van der Waals surface area contributed by atoms with Crippen LogP contribution in [0.15, 0.2) is 53.4 Å². The van der Waals surface area contributed by atoms with Gasteiger partial charge in [0.2, 0.25) is 5.91 Å². The second-order valence-corrected chi connectivity index (χ2v) is 7.41. The average molecular weight is 356 g/mol. The van der Waals surface area contributed by atoms with Crippen molar-refractivity contribution in [3.8, 4) is 5.75 Å². The van der Waals surface area contributed by atoms with E-state index in [2.05, 4.69) is 41.8 Å². The lowest BCUT2D eigenvalue weighted by Crippen LogP contribution is -2.35. The summed E-state index contributed by atoms with van der Waals surface area (Å²) in [6, 6.07) is 16.3. The first-order valence-corrected chi connectivity index (χ1v) is 9.56. The number of carbonyl (C=O) groups is 1. The maximum Gasteiger partial charge on any atom is 0.225 e. The van der Waals surface area contributed by atoms with E-state index in [0.29, 0.717) is 12.5 Å². The van der Waals surface area contributed by atoms with Crippen LogP contribution in [0, 0.1) is 0 Å². The Morgan fingerprint density at radius 1 is 1.24 bits per heavy atom. The number of nitrogens with one attached hydrogen (secondary N) is 2. The number of thioether (sulfide) groups is 1. The molecule has 0 aromatic heterocycles. The van der Waals surface area contributed by atoms with Crippen LogP contribution in [-0.4, -0.2) is 24.8 Å². The standard InChI is InChI=1S/C20H24N2O2S/c1-14(13-20(23)22-15-7-9-16(24-2)10-8-15)21-18-11-12-25-19-6-4-3-5-17(18)19/h3-10,14,18,21H,11-13H2,1-2H3,(H,22,23)/t14-,18+/m1/s1. The zero-order valence-corrected chi connectivity index (χ0v) is 15.4. The minimum Gasteiger partial charge on any atom is -0.497 e. The molecule has 1 aliphatic heterocycles. The van der Waals surface area contributed by atoms with Crippen LogP contribution in [0.4, 0.5) is 5.69 Å². The molecule has 3 rings (SSSR count). The molecule has 1 amide bonds. The van der Waals surface area contributed by atoms with Gasteiger partial charge in [0.05, 0.1) is 7.11 Å². The normalized spacial score (nSPS) is 17.4. The van der Waals surface area contributed by atoms with Gasteiger partial charge in [-0.3, -0.25) is 4.79 Å². The molecule has 0 spiro atoms. The van der Waals surface area contributed by atoms with Crippen LogP contribution in [0.1, 0.15) is 31.4 Å². The van der Waals surface area contributed by atoms with Crippen molar-refractivity contribution in [3.05, 3.63) is 54.1 Å². The van der Waals surface area contributed by atoms with Crippen LogP contribution >= 0.6 is 11.8 Å². The molecule has 2 atom stereocenters. The lowest BCUT2D eigenvalue weighted by atomic mass is 10.0. The molecule has 2 aromatic rings. The maximum atomic E-state index is 12.3. The minimum atomic E-state index is 0.0173. The summed E-state index contributed by atoms with van der Waals surface area (Å²) < 4.78 is 5.13. The first kappa shape index (κ1) is 17.8. The highest BCUT2D eigenvalue weighted by molar-refractivity contribution is 7.99. The third kappa shape index (κ3) is 4.77. The Balaban J connectivity index is 1.53. The summed E-state index contributed by atoms with van der Waals surface area (Å²) in [5.41, 5.74) is 2.14. The van der Waals surface area contributed by atoms with Crippen LogP contribution in [0.2, 0.25) is 0 Å². The van der Waals surface area contributed by atoms with Gasteiger partial charge in [-0.25, -0.2) is 0 Å². The second kappa shape index (κ2) is 8.41. The van der Waals surface area contributed by atoms with Gasteiger partial charge in [0.15, 0.2) is 0 Å². The van der Waals surface area contributed by atoms with Gasteiger partial charge in [0.25, 0.3) is 0 Å². The van der Waals surface area contributed by atoms with Crippen molar-refractivity contribution in [2.75, 3.05) is 18.2 Å². The van der Waals surface area contributed by atoms with Gasteiger partial charge in [0.1, 0.15) is 5.75 Å². The molecule has 0 saturated carbocycles. The molecule has 2 N–H and O–H groups in total. The molecule has 0 bridgehead atoms. The maximum absolute atomic E-state index is 12.3. The van der Waals surface area contributed by atoms with Crippen LogP contribution in [-0.2, 0) is 4.79 Å². The minimum absolute atomic E-state index is 0.0173. The summed E-state index contributed by atoms with van der Waals surface area (Å²) in [4.78, 5) is 13.6.